The van der Waals surface area contributed by atoms with E-state index in [1.807, 2.05) is 0 Å². The summed E-state index contributed by atoms with van der Waals surface area (Å²) in [6.45, 7) is 6.53. The lowest BCUT2D eigenvalue weighted by Crippen LogP contribution is -2.33. The topological polar surface area (TPSA) is 101 Å². The van der Waals surface area contributed by atoms with Gasteiger partial charge in [-0.25, -0.2) is 25.9 Å². The molecule has 7 nitrogen and oxygen atoms in total. The van der Waals surface area contributed by atoms with Crippen molar-refractivity contribution in [3.8, 4) is 0 Å². The van der Waals surface area contributed by atoms with E-state index < -0.39 is 31.4 Å². The number of sulfonamides is 2. The molecule has 0 unspecified atom stereocenters. The van der Waals surface area contributed by atoms with Crippen LogP contribution in [0.15, 0.2) is 29.2 Å². The van der Waals surface area contributed by atoms with Crippen LogP contribution in [0, 0.1) is 5.41 Å². The molecule has 128 valence electrons. The minimum atomic E-state index is -3.75. The molecule has 23 heavy (non-hydrogen) atoms. The summed E-state index contributed by atoms with van der Waals surface area (Å²) in [4.78, 5) is 12.3. The second-order valence-electron chi connectivity index (χ2n) is 6.48. The number of benzene rings is 1. The number of hydrogen-bond acceptors (Lipinski definition) is 5. The fraction of sp³-hybridized carbons (Fsp3) is 0.500. The summed E-state index contributed by atoms with van der Waals surface area (Å²) in [5, 5.41) is 0. The zero-order valence-electron chi connectivity index (χ0n) is 13.4. The summed E-state index contributed by atoms with van der Waals surface area (Å²) in [6.07, 6.45) is 0. The van der Waals surface area contributed by atoms with E-state index in [9.17, 15) is 21.6 Å². The molecule has 0 atom stereocenters. The van der Waals surface area contributed by atoms with Gasteiger partial charge in [0.2, 0.25) is 26.0 Å². The van der Waals surface area contributed by atoms with Crippen LogP contribution in [-0.4, -0.2) is 34.5 Å². The minimum absolute atomic E-state index is 0.0123. The quantitative estimate of drug-likeness (QED) is 0.866. The average Bonchev–Trinajstić information content (AvgIpc) is 2.52. The van der Waals surface area contributed by atoms with Crippen molar-refractivity contribution in [2.24, 2.45) is 5.41 Å². The van der Waals surface area contributed by atoms with Crippen molar-refractivity contribution in [1.82, 2.24) is 4.72 Å². The maximum Gasteiger partial charge on any atom is 0.247 e. The monoisotopic (exact) mass is 360 g/mol. The van der Waals surface area contributed by atoms with Crippen molar-refractivity contribution in [2.45, 2.75) is 38.6 Å². The van der Waals surface area contributed by atoms with Crippen LogP contribution in [0.5, 0.6) is 0 Å². The number of nitrogens with zero attached hydrogens (tertiary/aromatic N) is 1. The first kappa shape index (κ1) is 17.9. The third kappa shape index (κ3) is 3.41. The van der Waals surface area contributed by atoms with Crippen LogP contribution >= 0.6 is 0 Å². The van der Waals surface area contributed by atoms with Gasteiger partial charge in [0.1, 0.15) is 0 Å². The Bertz CT molecular complexity index is 824. The van der Waals surface area contributed by atoms with Crippen LogP contribution in [0.2, 0.25) is 0 Å². The molecule has 1 aliphatic heterocycles. The summed E-state index contributed by atoms with van der Waals surface area (Å²) in [5.74, 6) is -0.790. The van der Waals surface area contributed by atoms with E-state index in [4.69, 9.17) is 0 Å². The fourth-order valence-corrected chi connectivity index (χ4v) is 5.76. The van der Waals surface area contributed by atoms with Crippen LogP contribution in [0.3, 0.4) is 0 Å². The summed E-state index contributed by atoms with van der Waals surface area (Å²) < 4.78 is 51.7. The van der Waals surface area contributed by atoms with Gasteiger partial charge in [0.25, 0.3) is 0 Å². The van der Waals surface area contributed by atoms with Gasteiger partial charge in [-0.15, -0.1) is 0 Å². The Kier molecular flexibility index (Phi) is 4.33. The molecule has 1 aromatic rings. The Balaban J connectivity index is 2.40. The number of carbonyl (C=O) groups is 1. The standard InChI is InChI=1S/C14H20N2O5S2/c1-10(2)15-23(20,21)12-7-5-11(6-8-12)16-13(17)14(3,4)9-22(16,18)19/h5-8,10,15H,9H2,1-4H3. The van der Waals surface area contributed by atoms with Crippen LogP contribution in [-0.2, 0) is 24.8 Å². The smallest absolute Gasteiger partial charge is 0.247 e. The SMILES string of the molecule is CC(C)NS(=O)(=O)c1ccc(N2C(=O)C(C)(C)CS2(=O)=O)cc1. The number of anilines is 1. The first-order valence-corrected chi connectivity index (χ1v) is 10.2. The molecular formula is C14H20N2O5S2. The molecule has 0 aromatic heterocycles. The third-order valence-corrected chi connectivity index (χ3v) is 7.05. The predicted molar refractivity (Wildman–Crippen MR) is 87.0 cm³/mol. The largest absolute Gasteiger partial charge is 0.273 e. The molecule has 0 bridgehead atoms. The lowest BCUT2D eigenvalue weighted by atomic mass is 9.95. The van der Waals surface area contributed by atoms with Crippen molar-refractivity contribution >= 4 is 31.6 Å². The molecule has 0 saturated carbocycles. The van der Waals surface area contributed by atoms with Gasteiger partial charge in [0.15, 0.2) is 0 Å². The maximum atomic E-state index is 12.3. The fourth-order valence-electron chi connectivity index (χ4n) is 2.40. The molecule has 1 aromatic carbocycles. The Morgan fingerprint density at radius 1 is 1.17 bits per heavy atom. The molecule has 0 radical (unpaired) electrons. The van der Waals surface area contributed by atoms with E-state index in [0.717, 1.165) is 4.31 Å². The number of carbonyl (C=O) groups excluding carboxylic acids is 1. The van der Waals surface area contributed by atoms with Gasteiger partial charge < -0.3 is 0 Å². The summed E-state index contributed by atoms with van der Waals surface area (Å²) in [5.41, 5.74) is -0.855. The van der Waals surface area contributed by atoms with Gasteiger partial charge in [0.05, 0.1) is 21.8 Å². The van der Waals surface area contributed by atoms with E-state index >= 15 is 0 Å². The highest BCUT2D eigenvalue weighted by Crippen LogP contribution is 2.35. The third-order valence-electron chi connectivity index (χ3n) is 3.36. The summed E-state index contributed by atoms with van der Waals surface area (Å²) >= 11 is 0. The Hall–Kier alpha value is -1.45. The highest BCUT2D eigenvalue weighted by Gasteiger charge is 2.49. The van der Waals surface area contributed by atoms with Gasteiger partial charge >= 0.3 is 0 Å². The number of hydrogen-bond donors (Lipinski definition) is 1. The molecule has 1 N–H and O–H groups in total. The van der Waals surface area contributed by atoms with Gasteiger partial charge in [-0.05, 0) is 52.0 Å². The molecular weight excluding hydrogens is 340 g/mol. The zero-order chi connectivity index (χ0) is 17.6. The summed E-state index contributed by atoms with van der Waals surface area (Å²) in [6, 6.07) is 4.96. The number of nitrogens with one attached hydrogen (secondary N) is 1. The highest BCUT2D eigenvalue weighted by atomic mass is 32.2. The van der Waals surface area contributed by atoms with Crippen molar-refractivity contribution in [1.29, 1.82) is 0 Å². The molecule has 1 fully saturated rings. The lowest BCUT2D eigenvalue weighted by molar-refractivity contribution is -0.123. The van der Waals surface area contributed by atoms with Crippen LogP contribution in [0.4, 0.5) is 5.69 Å². The Morgan fingerprint density at radius 3 is 2.09 bits per heavy atom. The van der Waals surface area contributed by atoms with Crippen molar-refractivity contribution in [3.63, 3.8) is 0 Å². The average molecular weight is 360 g/mol. The second kappa shape index (κ2) is 5.57. The number of amides is 1. The van der Waals surface area contributed by atoms with Crippen LogP contribution in [0.1, 0.15) is 27.7 Å². The van der Waals surface area contributed by atoms with Gasteiger partial charge in [-0.3, -0.25) is 4.79 Å². The molecule has 9 heteroatoms. The predicted octanol–water partition coefficient (Wildman–Crippen LogP) is 1.08. The maximum absolute atomic E-state index is 12.3. The van der Waals surface area contributed by atoms with E-state index in [2.05, 4.69) is 4.72 Å². The molecule has 1 heterocycles. The van der Waals surface area contributed by atoms with E-state index in [1.165, 1.54) is 24.3 Å². The second-order valence-corrected chi connectivity index (χ2v) is 10.0. The Morgan fingerprint density at radius 2 is 1.70 bits per heavy atom. The molecule has 1 saturated heterocycles. The van der Waals surface area contributed by atoms with E-state index in [0.29, 0.717) is 0 Å². The molecule has 1 amide bonds. The van der Waals surface area contributed by atoms with Crippen molar-refractivity contribution in [3.05, 3.63) is 24.3 Å². The summed E-state index contributed by atoms with van der Waals surface area (Å²) in [7, 11) is -7.41. The van der Waals surface area contributed by atoms with Crippen LogP contribution < -0.4 is 9.03 Å². The van der Waals surface area contributed by atoms with Crippen molar-refractivity contribution < 1.29 is 21.6 Å². The molecule has 2 rings (SSSR count). The van der Waals surface area contributed by atoms with Crippen molar-refractivity contribution in [2.75, 3.05) is 10.1 Å². The van der Waals surface area contributed by atoms with Gasteiger partial charge in [-0.2, -0.15) is 0 Å². The molecule has 0 spiro atoms. The van der Waals surface area contributed by atoms with Gasteiger partial charge in [0, 0.05) is 6.04 Å². The van der Waals surface area contributed by atoms with E-state index in [1.54, 1.807) is 27.7 Å². The Labute approximate surface area is 136 Å². The first-order valence-electron chi connectivity index (χ1n) is 7.07. The zero-order valence-corrected chi connectivity index (χ0v) is 15.0. The molecule has 0 aliphatic carbocycles. The van der Waals surface area contributed by atoms with Gasteiger partial charge in [-0.1, -0.05) is 0 Å². The first-order chi connectivity index (χ1) is 10.4. The molecule has 1 aliphatic rings. The number of rotatable bonds is 4. The van der Waals surface area contributed by atoms with Crippen LogP contribution in [0.25, 0.3) is 0 Å². The van der Waals surface area contributed by atoms with E-state index in [-0.39, 0.29) is 22.4 Å². The lowest BCUT2D eigenvalue weighted by Gasteiger charge is -2.18. The normalized spacial score (nSPS) is 20.2. The highest BCUT2D eigenvalue weighted by molar-refractivity contribution is 7.94. The minimum Gasteiger partial charge on any atom is -0.273 e.